The second-order valence-corrected chi connectivity index (χ2v) is 7.49. The molecule has 1 aliphatic rings. The molecular weight excluding hydrogens is 322 g/mol. The van der Waals surface area contributed by atoms with Crippen molar-refractivity contribution in [3.63, 3.8) is 0 Å². The van der Waals surface area contributed by atoms with Crippen LogP contribution in [-0.4, -0.2) is 21.6 Å². The standard InChI is InChI=1S/C16H20ClNO5/c1-14(2,3)23-13(19)16(7-8-16)15(4,20)10-5-6-11(17)12(9-10)18(21)22/h5-6,9,20H,7-8H2,1-4H3. The minimum atomic E-state index is -1.58. The van der Waals surface area contributed by atoms with Gasteiger partial charge in [-0.1, -0.05) is 17.7 Å². The first-order valence-corrected chi connectivity index (χ1v) is 7.69. The zero-order valence-electron chi connectivity index (χ0n) is 13.6. The molecule has 1 saturated carbocycles. The number of hydrogen-bond acceptors (Lipinski definition) is 5. The molecule has 0 aliphatic heterocycles. The van der Waals surface area contributed by atoms with Gasteiger partial charge in [0, 0.05) is 6.07 Å². The predicted molar refractivity (Wildman–Crippen MR) is 85.2 cm³/mol. The predicted octanol–water partition coefficient (Wildman–Crippen LogP) is 3.58. The third-order valence-corrected chi connectivity index (χ3v) is 4.50. The maximum absolute atomic E-state index is 12.5. The van der Waals surface area contributed by atoms with Crippen molar-refractivity contribution >= 4 is 23.3 Å². The molecule has 0 saturated heterocycles. The van der Waals surface area contributed by atoms with E-state index in [9.17, 15) is 20.0 Å². The first-order valence-electron chi connectivity index (χ1n) is 7.31. The van der Waals surface area contributed by atoms with Crippen LogP contribution >= 0.6 is 11.6 Å². The van der Waals surface area contributed by atoms with Crippen molar-refractivity contribution in [2.24, 2.45) is 5.41 Å². The molecule has 6 nitrogen and oxygen atoms in total. The molecule has 1 atom stereocenters. The Kier molecular flexibility index (Phi) is 4.20. The Bertz CT molecular complexity index is 659. The maximum Gasteiger partial charge on any atom is 0.315 e. The average molecular weight is 342 g/mol. The number of rotatable bonds is 4. The summed E-state index contributed by atoms with van der Waals surface area (Å²) in [7, 11) is 0. The Balaban J connectivity index is 2.40. The summed E-state index contributed by atoms with van der Waals surface area (Å²) in [6, 6.07) is 4.07. The van der Waals surface area contributed by atoms with Gasteiger partial charge in [-0.3, -0.25) is 14.9 Å². The molecule has 1 fully saturated rings. The molecule has 0 spiro atoms. The van der Waals surface area contributed by atoms with Gasteiger partial charge in [0.05, 0.1) is 4.92 Å². The number of halogens is 1. The Morgan fingerprint density at radius 2 is 1.91 bits per heavy atom. The van der Waals surface area contributed by atoms with E-state index in [1.807, 2.05) is 0 Å². The lowest BCUT2D eigenvalue weighted by Crippen LogP contribution is -2.42. The van der Waals surface area contributed by atoms with Gasteiger partial charge in [-0.25, -0.2) is 0 Å². The van der Waals surface area contributed by atoms with Crippen LogP contribution in [0, 0.1) is 15.5 Å². The molecule has 1 N–H and O–H groups in total. The van der Waals surface area contributed by atoms with Gasteiger partial charge in [-0.2, -0.15) is 0 Å². The highest BCUT2D eigenvalue weighted by Gasteiger charge is 2.64. The lowest BCUT2D eigenvalue weighted by Gasteiger charge is -2.34. The second kappa shape index (κ2) is 5.46. The summed E-state index contributed by atoms with van der Waals surface area (Å²) in [6.45, 7) is 6.74. The summed E-state index contributed by atoms with van der Waals surface area (Å²) in [5.74, 6) is -0.493. The van der Waals surface area contributed by atoms with E-state index in [0.717, 1.165) is 0 Å². The fourth-order valence-electron chi connectivity index (χ4n) is 2.62. The van der Waals surface area contributed by atoms with Crippen LogP contribution in [0.2, 0.25) is 5.02 Å². The average Bonchev–Trinajstić information content (AvgIpc) is 3.18. The number of nitro benzene ring substituents is 1. The van der Waals surface area contributed by atoms with Gasteiger partial charge in [0.25, 0.3) is 5.69 Å². The van der Waals surface area contributed by atoms with Gasteiger partial charge < -0.3 is 9.84 Å². The highest BCUT2D eigenvalue weighted by molar-refractivity contribution is 6.32. The van der Waals surface area contributed by atoms with E-state index in [2.05, 4.69) is 0 Å². The minimum Gasteiger partial charge on any atom is -0.459 e. The number of hydrogen-bond donors (Lipinski definition) is 1. The highest BCUT2D eigenvalue weighted by atomic mass is 35.5. The van der Waals surface area contributed by atoms with Crippen molar-refractivity contribution in [1.29, 1.82) is 0 Å². The molecule has 1 aliphatic carbocycles. The van der Waals surface area contributed by atoms with E-state index in [4.69, 9.17) is 16.3 Å². The van der Waals surface area contributed by atoms with Crippen molar-refractivity contribution in [2.75, 3.05) is 0 Å². The number of carbonyl (C=O) groups is 1. The first kappa shape index (κ1) is 17.7. The molecule has 0 heterocycles. The zero-order valence-corrected chi connectivity index (χ0v) is 14.3. The monoisotopic (exact) mass is 341 g/mol. The van der Waals surface area contributed by atoms with Crippen LogP contribution in [0.3, 0.4) is 0 Å². The maximum atomic E-state index is 12.5. The molecule has 0 bridgehead atoms. The molecule has 0 aromatic heterocycles. The lowest BCUT2D eigenvalue weighted by molar-refractivity contribution is -0.384. The van der Waals surface area contributed by atoms with E-state index in [0.29, 0.717) is 12.8 Å². The Labute approximate surface area is 139 Å². The minimum absolute atomic E-state index is 0.0170. The van der Waals surface area contributed by atoms with Crippen molar-refractivity contribution in [1.82, 2.24) is 0 Å². The van der Waals surface area contributed by atoms with Gasteiger partial charge in [0.15, 0.2) is 0 Å². The van der Waals surface area contributed by atoms with Crippen LogP contribution in [0.25, 0.3) is 0 Å². The van der Waals surface area contributed by atoms with Gasteiger partial charge in [0.2, 0.25) is 0 Å². The number of carbonyl (C=O) groups excluding carboxylic acids is 1. The van der Waals surface area contributed by atoms with Crippen LogP contribution < -0.4 is 0 Å². The third-order valence-electron chi connectivity index (χ3n) is 4.18. The van der Waals surface area contributed by atoms with E-state index in [1.165, 1.54) is 25.1 Å². The van der Waals surface area contributed by atoms with Crippen molar-refractivity contribution < 1.29 is 19.6 Å². The van der Waals surface area contributed by atoms with Crippen LogP contribution in [0.5, 0.6) is 0 Å². The van der Waals surface area contributed by atoms with Crippen molar-refractivity contribution in [3.05, 3.63) is 38.9 Å². The summed E-state index contributed by atoms with van der Waals surface area (Å²) in [6.07, 6.45) is 0.927. The first-order chi connectivity index (χ1) is 10.4. The third kappa shape index (κ3) is 3.19. The Morgan fingerprint density at radius 3 is 2.35 bits per heavy atom. The van der Waals surface area contributed by atoms with Crippen LogP contribution in [0.4, 0.5) is 5.69 Å². The van der Waals surface area contributed by atoms with Gasteiger partial charge >= 0.3 is 5.97 Å². The van der Waals surface area contributed by atoms with Crippen LogP contribution in [0.1, 0.15) is 46.1 Å². The summed E-state index contributed by atoms with van der Waals surface area (Å²) in [5.41, 5.74) is -3.36. The van der Waals surface area contributed by atoms with E-state index >= 15 is 0 Å². The van der Waals surface area contributed by atoms with E-state index < -0.39 is 27.5 Å². The summed E-state index contributed by atoms with van der Waals surface area (Å²) < 4.78 is 5.42. The van der Waals surface area contributed by atoms with Crippen LogP contribution in [-0.2, 0) is 15.1 Å². The fourth-order valence-corrected chi connectivity index (χ4v) is 2.81. The van der Waals surface area contributed by atoms with Crippen LogP contribution in [0.15, 0.2) is 18.2 Å². The molecule has 0 radical (unpaired) electrons. The second-order valence-electron chi connectivity index (χ2n) is 7.08. The van der Waals surface area contributed by atoms with E-state index in [-0.39, 0.29) is 16.3 Å². The molecule has 1 aromatic carbocycles. The Morgan fingerprint density at radius 1 is 1.35 bits per heavy atom. The molecule has 2 rings (SSSR count). The highest BCUT2D eigenvalue weighted by Crippen LogP contribution is 2.59. The molecule has 1 unspecified atom stereocenters. The zero-order chi connectivity index (χ0) is 17.6. The number of nitrogens with zero attached hydrogens (tertiary/aromatic N) is 1. The molecule has 126 valence electrons. The number of esters is 1. The summed E-state index contributed by atoms with van der Waals surface area (Å²) in [5, 5.41) is 22.0. The van der Waals surface area contributed by atoms with Crippen molar-refractivity contribution in [2.45, 2.75) is 51.7 Å². The Hall–Kier alpha value is -1.66. The number of ether oxygens (including phenoxy) is 1. The van der Waals surface area contributed by atoms with Gasteiger partial charge in [-0.15, -0.1) is 0 Å². The van der Waals surface area contributed by atoms with Gasteiger partial charge in [-0.05, 0) is 52.2 Å². The van der Waals surface area contributed by atoms with Crippen molar-refractivity contribution in [3.8, 4) is 0 Å². The van der Waals surface area contributed by atoms with Gasteiger partial charge in [0.1, 0.15) is 21.6 Å². The quantitative estimate of drug-likeness (QED) is 0.513. The normalized spacial score (nSPS) is 18.9. The topological polar surface area (TPSA) is 89.7 Å². The molecule has 23 heavy (non-hydrogen) atoms. The SMILES string of the molecule is CC(C)(C)OC(=O)C1(C(C)(O)c2ccc(Cl)c([N+](=O)[O-])c2)CC1. The summed E-state index contributed by atoms with van der Waals surface area (Å²) >= 11 is 5.81. The number of benzene rings is 1. The fraction of sp³-hybridized carbons (Fsp3) is 0.562. The molecule has 0 amide bonds. The molecule has 7 heteroatoms. The summed E-state index contributed by atoms with van der Waals surface area (Å²) in [4.78, 5) is 22.9. The lowest BCUT2D eigenvalue weighted by atomic mass is 9.79. The number of nitro groups is 1. The molecular formula is C16H20ClNO5. The van der Waals surface area contributed by atoms with E-state index in [1.54, 1.807) is 20.8 Å². The number of aliphatic hydroxyl groups is 1. The smallest absolute Gasteiger partial charge is 0.315 e. The molecule has 1 aromatic rings. The largest absolute Gasteiger partial charge is 0.459 e.